The highest BCUT2D eigenvalue weighted by Gasteiger charge is 2.08. The highest BCUT2D eigenvalue weighted by molar-refractivity contribution is 5.92. The minimum Gasteiger partial charge on any atom is -0.351 e. The highest BCUT2D eigenvalue weighted by Crippen LogP contribution is 2.10. The molecule has 1 atom stereocenters. The van der Waals surface area contributed by atoms with Crippen LogP contribution < -0.4 is 16.4 Å². The van der Waals surface area contributed by atoms with Gasteiger partial charge in [0.2, 0.25) is 11.8 Å². The number of hydrogen-bond donors (Lipinski definition) is 3. The van der Waals surface area contributed by atoms with Crippen LogP contribution in [0.3, 0.4) is 0 Å². The van der Waals surface area contributed by atoms with Crippen LogP contribution in [-0.2, 0) is 16.1 Å². The van der Waals surface area contributed by atoms with Crippen molar-refractivity contribution in [2.24, 2.45) is 11.7 Å². The molecular weight excluding hydrogens is 242 g/mol. The van der Waals surface area contributed by atoms with Crippen molar-refractivity contribution in [3.05, 3.63) is 29.8 Å². The summed E-state index contributed by atoms with van der Waals surface area (Å²) in [6.07, 6.45) is 0. The first kappa shape index (κ1) is 15.2. The van der Waals surface area contributed by atoms with Crippen molar-refractivity contribution in [3.8, 4) is 0 Å². The molecular formula is C14H21N3O2. The lowest BCUT2D eigenvalue weighted by Gasteiger charge is -2.10. The summed E-state index contributed by atoms with van der Waals surface area (Å²) >= 11 is 0. The second-order valence-corrected chi connectivity index (χ2v) is 4.85. The van der Waals surface area contributed by atoms with E-state index in [-0.39, 0.29) is 17.7 Å². The number of anilines is 1. The lowest BCUT2D eigenvalue weighted by Crippen LogP contribution is -2.37. The average Bonchev–Trinajstić information content (AvgIpc) is 2.37. The van der Waals surface area contributed by atoms with Crippen LogP contribution in [0.15, 0.2) is 24.3 Å². The van der Waals surface area contributed by atoms with Crippen molar-refractivity contribution in [2.45, 2.75) is 33.4 Å². The maximum Gasteiger partial charge on any atom is 0.236 e. The number of rotatable bonds is 5. The molecule has 0 aliphatic heterocycles. The summed E-state index contributed by atoms with van der Waals surface area (Å²) in [7, 11) is 0. The van der Waals surface area contributed by atoms with E-state index in [0.29, 0.717) is 6.54 Å². The first-order chi connectivity index (χ1) is 8.90. The molecule has 1 rings (SSSR count). The Balaban J connectivity index is 2.52. The molecule has 0 fully saturated rings. The number of hydrogen-bond acceptors (Lipinski definition) is 3. The molecule has 2 amide bonds. The van der Waals surface area contributed by atoms with Gasteiger partial charge in [0.25, 0.3) is 0 Å². The molecule has 0 heterocycles. The van der Waals surface area contributed by atoms with Gasteiger partial charge in [0.05, 0.1) is 6.04 Å². The first-order valence-corrected chi connectivity index (χ1v) is 6.33. The number of benzene rings is 1. The van der Waals surface area contributed by atoms with Gasteiger partial charge in [-0.25, -0.2) is 0 Å². The second kappa shape index (κ2) is 6.89. The monoisotopic (exact) mass is 263 g/mol. The Bertz CT molecular complexity index is 439. The van der Waals surface area contributed by atoms with Gasteiger partial charge < -0.3 is 16.4 Å². The largest absolute Gasteiger partial charge is 0.351 e. The standard InChI is InChI=1S/C14H21N3O2/c1-9(2)13(18)17-12-6-4-11(5-7-12)8-16-14(19)10(3)15/h4-7,9-10H,8,15H2,1-3H3,(H,16,19)(H,17,18)/t10-/m1/s1. The van der Waals surface area contributed by atoms with Crippen LogP contribution in [0.25, 0.3) is 0 Å². The zero-order valence-corrected chi connectivity index (χ0v) is 11.6. The van der Waals surface area contributed by atoms with E-state index in [0.717, 1.165) is 11.3 Å². The Kier molecular flexibility index (Phi) is 5.51. The normalized spacial score (nSPS) is 12.1. The molecule has 0 aromatic heterocycles. The Morgan fingerprint density at radius 2 is 1.68 bits per heavy atom. The smallest absolute Gasteiger partial charge is 0.236 e. The molecule has 0 bridgehead atoms. The number of carbonyl (C=O) groups excluding carboxylic acids is 2. The molecule has 0 aliphatic rings. The van der Waals surface area contributed by atoms with Crippen LogP contribution in [-0.4, -0.2) is 17.9 Å². The maximum absolute atomic E-state index is 11.5. The van der Waals surface area contributed by atoms with E-state index in [2.05, 4.69) is 10.6 Å². The average molecular weight is 263 g/mol. The molecule has 4 N–H and O–H groups in total. The number of nitrogens with one attached hydrogen (secondary N) is 2. The van der Waals surface area contributed by atoms with Gasteiger partial charge in [-0.15, -0.1) is 0 Å². The van der Waals surface area contributed by atoms with Crippen LogP contribution >= 0.6 is 0 Å². The number of amides is 2. The summed E-state index contributed by atoms with van der Waals surface area (Å²) in [5.41, 5.74) is 7.15. The van der Waals surface area contributed by atoms with E-state index < -0.39 is 6.04 Å². The summed E-state index contributed by atoms with van der Waals surface area (Å²) in [6, 6.07) is 6.83. The molecule has 0 saturated carbocycles. The van der Waals surface area contributed by atoms with E-state index in [1.54, 1.807) is 6.92 Å². The molecule has 0 unspecified atom stereocenters. The molecule has 1 aromatic carbocycles. The van der Waals surface area contributed by atoms with Crippen LogP contribution in [0.1, 0.15) is 26.3 Å². The van der Waals surface area contributed by atoms with Gasteiger partial charge in [0.1, 0.15) is 0 Å². The Morgan fingerprint density at radius 3 is 2.16 bits per heavy atom. The van der Waals surface area contributed by atoms with Gasteiger partial charge in [-0.1, -0.05) is 26.0 Å². The molecule has 0 spiro atoms. The molecule has 0 aliphatic carbocycles. The Hall–Kier alpha value is -1.88. The third-order valence-electron chi connectivity index (χ3n) is 2.63. The minimum atomic E-state index is -0.510. The van der Waals surface area contributed by atoms with E-state index >= 15 is 0 Å². The van der Waals surface area contributed by atoms with Crippen LogP contribution in [0.4, 0.5) is 5.69 Å². The SMILES string of the molecule is CC(C)C(=O)Nc1ccc(CNC(=O)[C@@H](C)N)cc1. The van der Waals surface area contributed by atoms with Gasteiger partial charge in [0.15, 0.2) is 0 Å². The molecule has 0 saturated heterocycles. The van der Waals surface area contributed by atoms with E-state index in [1.807, 2.05) is 38.1 Å². The zero-order valence-electron chi connectivity index (χ0n) is 11.6. The highest BCUT2D eigenvalue weighted by atomic mass is 16.2. The van der Waals surface area contributed by atoms with Gasteiger partial charge >= 0.3 is 0 Å². The fourth-order valence-corrected chi connectivity index (χ4v) is 1.34. The van der Waals surface area contributed by atoms with Gasteiger partial charge in [-0.05, 0) is 24.6 Å². The molecule has 5 heteroatoms. The van der Waals surface area contributed by atoms with Crippen molar-refractivity contribution in [2.75, 3.05) is 5.32 Å². The predicted octanol–water partition coefficient (Wildman–Crippen LogP) is 1.24. The van der Waals surface area contributed by atoms with Gasteiger partial charge in [-0.2, -0.15) is 0 Å². The Morgan fingerprint density at radius 1 is 1.11 bits per heavy atom. The number of nitrogens with two attached hydrogens (primary N) is 1. The van der Waals surface area contributed by atoms with Crippen LogP contribution in [0.5, 0.6) is 0 Å². The summed E-state index contributed by atoms with van der Waals surface area (Å²) in [5, 5.41) is 5.53. The van der Waals surface area contributed by atoms with Crippen molar-refractivity contribution in [1.29, 1.82) is 0 Å². The summed E-state index contributed by atoms with van der Waals surface area (Å²) < 4.78 is 0. The van der Waals surface area contributed by atoms with Gasteiger partial charge in [0, 0.05) is 18.2 Å². The minimum absolute atomic E-state index is 0.0157. The first-order valence-electron chi connectivity index (χ1n) is 6.33. The second-order valence-electron chi connectivity index (χ2n) is 4.85. The molecule has 1 aromatic rings. The van der Waals surface area contributed by atoms with Crippen molar-refractivity contribution >= 4 is 17.5 Å². The summed E-state index contributed by atoms with van der Waals surface area (Å²) in [6.45, 7) is 5.75. The van der Waals surface area contributed by atoms with Crippen molar-refractivity contribution in [1.82, 2.24) is 5.32 Å². The van der Waals surface area contributed by atoms with E-state index in [9.17, 15) is 9.59 Å². The summed E-state index contributed by atoms with van der Waals surface area (Å²) in [4.78, 5) is 22.8. The molecule has 104 valence electrons. The molecule has 5 nitrogen and oxygen atoms in total. The lowest BCUT2D eigenvalue weighted by molar-refractivity contribution is -0.122. The topological polar surface area (TPSA) is 84.2 Å². The van der Waals surface area contributed by atoms with Gasteiger partial charge in [-0.3, -0.25) is 9.59 Å². The molecule has 0 radical (unpaired) electrons. The number of carbonyl (C=O) groups is 2. The lowest BCUT2D eigenvalue weighted by atomic mass is 10.1. The fourth-order valence-electron chi connectivity index (χ4n) is 1.34. The van der Waals surface area contributed by atoms with Crippen molar-refractivity contribution in [3.63, 3.8) is 0 Å². The zero-order chi connectivity index (χ0) is 14.4. The quantitative estimate of drug-likeness (QED) is 0.747. The summed E-state index contributed by atoms with van der Waals surface area (Å²) in [5.74, 6) is -0.250. The van der Waals surface area contributed by atoms with Crippen LogP contribution in [0, 0.1) is 5.92 Å². The maximum atomic E-state index is 11.5. The van der Waals surface area contributed by atoms with E-state index in [1.165, 1.54) is 0 Å². The van der Waals surface area contributed by atoms with Crippen LogP contribution in [0.2, 0.25) is 0 Å². The Labute approximate surface area is 113 Å². The predicted molar refractivity (Wildman–Crippen MR) is 75.4 cm³/mol. The third kappa shape index (κ3) is 5.09. The van der Waals surface area contributed by atoms with E-state index in [4.69, 9.17) is 5.73 Å². The van der Waals surface area contributed by atoms with Crippen molar-refractivity contribution < 1.29 is 9.59 Å². The molecule has 19 heavy (non-hydrogen) atoms. The third-order valence-corrected chi connectivity index (χ3v) is 2.63. The fraction of sp³-hybridized carbons (Fsp3) is 0.429.